The van der Waals surface area contributed by atoms with Crippen LogP contribution in [0.25, 0.3) is 0 Å². The fourth-order valence-corrected chi connectivity index (χ4v) is 4.99. The third-order valence-electron chi connectivity index (χ3n) is 6.03. The molecule has 0 radical (unpaired) electrons. The number of rotatable bonds is 2. The lowest BCUT2D eigenvalue weighted by Gasteiger charge is -2.39. The number of aliphatic hydroxyl groups is 1. The summed E-state index contributed by atoms with van der Waals surface area (Å²) in [4.78, 5) is 6.45. The van der Waals surface area contributed by atoms with E-state index >= 15 is 0 Å². The van der Waals surface area contributed by atoms with Crippen LogP contribution in [-0.2, 0) is 11.2 Å². The normalized spacial score (nSPS) is 25.2. The molecule has 2 aromatic carbocycles. The summed E-state index contributed by atoms with van der Waals surface area (Å²) in [6.07, 6.45) is 2.82. The predicted molar refractivity (Wildman–Crippen MR) is 125 cm³/mol. The molecule has 0 bridgehead atoms. The van der Waals surface area contributed by atoms with Crippen molar-refractivity contribution < 1.29 is 9.84 Å². The van der Waals surface area contributed by atoms with Crippen molar-refractivity contribution in [3.05, 3.63) is 94.3 Å². The first-order valence-corrected chi connectivity index (χ1v) is 10.9. The van der Waals surface area contributed by atoms with E-state index in [4.69, 9.17) is 16.3 Å². The predicted octanol–water partition coefficient (Wildman–Crippen LogP) is 4.84. The van der Waals surface area contributed by atoms with Gasteiger partial charge in [0, 0.05) is 18.2 Å². The van der Waals surface area contributed by atoms with Crippen LogP contribution in [0.1, 0.15) is 41.1 Å². The molecule has 3 aromatic rings. The molecule has 1 aliphatic heterocycles. The summed E-state index contributed by atoms with van der Waals surface area (Å²) in [7, 11) is 6.00. The van der Waals surface area contributed by atoms with E-state index < -0.39 is 11.2 Å². The van der Waals surface area contributed by atoms with Gasteiger partial charge in [0.25, 0.3) is 0 Å². The summed E-state index contributed by atoms with van der Waals surface area (Å²) < 4.78 is 6.55. The van der Waals surface area contributed by atoms with Crippen molar-refractivity contribution in [3.63, 3.8) is 0 Å². The third kappa shape index (κ3) is 3.55. The Morgan fingerprint density at radius 3 is 2.41 bits per heavy atom. The molecule has 6 heteroatoms. The molecule has 0 amide bonds. The van der Waals surface area contributed by atoms with E-state index in [0.717, 1.165) is 17.5 Å². The molecule has 0 saturated heterocycles. The lowest BCUT2D eigenvalue weighted by atomic mass is 9.72. The standard InChI is InChI=1S/C23H17ClN2O2.C3H9N/c24-18-12-20-21(26-14-18)22(27)11-10-19(16-4-2-1-3-5-16)23(22,28-20)17-8-6-15(13-25)7-9-17;1-4(2)3/h1-9,12,14,19,27H,10-11H2;1-3H3. The molecule has 1 fully saturated rings. The lowest BCUT2D eigenvalue weighted by molar-refractivity contribution is -0.107. The van der Waals surface area contributed by atoms with Crippen LogP contribution >= 0.6 is 11.6 Å². The Balaban J connectivity index is 0.000000567. The molecule has 5 rings (SSSR count). The number of ether oxygens (including phenoxy) is 1. The molecule has 3 atom stereocenters. The summed E-state index contributed by atoms with van der Waals surface area (Å²) in [5.41, 5.74) is 0.717. The zero-order valence-electron chi connectivity index (χ0n) is 18.4. The van der Waals surface area contributed by atoms with Crippen LogP contribution in [0.4, 0.5) is 0 Å². The van der Waals surface area contributed by atoms with Gasteiger partial charge in [-0.05, 0) is 57.2 Å². The molecule has 1 aromatic heterocycles. The van der Waals surface area contributed by atoms with Crippen LogP contribution in [0, 0.1) is 11.3 Å². The number of hydrogen-bond donors (Lipinski definition) is 1. The van der Waals surface area contributed by atoms with Gasteiger partial charge in [-0.2, -0.15) is 5.26 Å². The van der Waals surface area contributed by atoms with Gasteiger partial charge in [0.05, 0.1) is 16.7 Å². The van der Waals surface area contributed by atoms with E-state index in [-0.39, 0.29) is 5.92 Å². The van der Waals surface area contributed by atoms with Crippen LogP contribution in [-0.4, -0.2) is 36.1 Å². The zero-order chi connectivity index (χ0) is 22.9. The van der Waals surface area contributed by atoms with Gasteiger partial charge in [-0.1, -0.05) is 54.1 Å². The average molecular weight is 448 g/mol. The molecule has 1 N–H and O–H groups in total. The van der Waals surface area contributed by atoms with Gasteiger partial charge in [0.15, 0.2) is 11.2 Å². The smallest absolute Gasteiger partial charge is 0.175 e. The number of pyridine rings is 1. The highest BCUT2D eigenvalue weighted by Gasteiger charge is 2.69. The highest BCUT2D eigenvalue weighted by Crippen LogP contribution is 2.66. The topological polar surface area (TPSA) is 69.4 Å². The van der Waals surface area contributed by atoms with E-state index in [1.54, 1.807) is 24.4 Å². The highest BCUT2D eigenvalue weighted by atomic mass is 35.5. The quantitative estimate of drug-likeness (QED) is 0.608. The van der Waals surface area contributed by atoms with Crippen molar-refractivity contribution in [2.24, 2.45) is 0 Å². The third-order valence-corrected chi connectivity index (χ3v) is 6.23. The van der Waals surface area contributed by atoms with Crippen LogP contribution in [0.15, 0.2) is 66.9 Å². The van der Waals surface area contributed by atoms with E-state index in [1.807, 2.05) is 56.4 Å². The van der Waals surface area contributed by atoms with E-state index in [1.165, 1.54) is 0 Å². The first-order valence-electron chi connectivity index (χ1n) is 10.6. The Kier molecular flexibility index (Phi) is 5.96. The molecule has 2 aliphatic rings. The second kappa shape index (κ2) is 8.55. The lowest BCUT2D eigenvalue weighted by Crippen LogP contribution is -2.48. The molecule has 1 aliphatic carbocycles. The van der Waals surface area contributed by atoms with E-state index in [0.29, 0.717) is 28.5 Å². The second-order valence-corrected chi connectivity index (χ2v) is 9.17. The maximum absolute atomic E-state index is 11.9. The zero-order valence-corrected chi connectivity index (χ0v) is 19.2. The minimum absolute atomic E-state index is 0.0698. The Hall–Kier alpha value is -2.91. The molecule has 32 heavy (non-hydrogen) atoms. The number of aromatic nitrogens is 1. The van der Waals surface area contributed by atoms with E-state index in [9.17, 15) is 10.4 Å². The molecule has 0 spiro atoms. The van der Waals surface area contributed by atoms with Crippen molar-refractivity contribution in [2.75, 3.05) is 21.1 Å². The highest BCUT2D eigenvalue weighted by molar-refractivity contribution is 6.30. The number of benzene rings is 2. The van der Waals surface area contributed by atoms with Crippen LogP contribution < -0.4 is 4.74 Å². The first kappa shape index (κ1) is 22.3. The Labute approximate surface area is 193 Å². The number of hydrogen-bond acceptors (Lipinski definition) is 5. The molecular weight excluding hydrogens is 422 g/mol. The molecule has 3 unspecified atom stereocenters. The van der Waals surface area contributed by atoms with E-state index in [2.05, 4.69) is 23.2 Å². The largest absolute Gasteiger partial charge is 0.476 e. The van der Waals surface area contributed by atoms with Gasteiger partial charge in [0.1, 0.15) is 11.4 Å². The first-order chi connectivity index (χ1) is 15.3. The number of nitrogens with zero attached hydrogens (tertiary/aromatic N) is 3. The van der Waals surface area contributed by atoms with Gasteiger partial charge in [-0.25, -0.2) is 0 Å². The Morgan fingerprint density at radius 1 is 1.12 bits per heavy atom. The van der Waals surface area contributed by atoms with Crippen LogP contribution in [0.5, 0.6) is 5.75 Å². The summed E-state index contributed by atoms with van der Waals surface area (Å²) >= 11 is 6.15. The van der Waals surface area contributed by atoms with Crippen LogP contribution in [0.3, 0.4) is 0 Å². The van der Waals surface area contributed by atoms with Crippen LogP contribution in [0.2, 0.25) is 5.02 Å². The summed E-state index contributed by atoms with van der Waals surface area (Å²) in [6, 6.07) is 21.2. The monoisotopic (exact) mass is 447 g/mol. The molecule has 1 saturated carbocycles. The minimum atomic E-state index is -1.28. The van der Waals surface area contributed by atoms with Crippen molar-refractivity contribution in [1.29, 1.82) is 5.26 Å². The van der Waals surface area contributed by atoms with Gasteiger partial charge in [-0.3, -0.25) is 4.98 Å². The maximum Gasteiger partial charge on any atom is 0.175 e. The van der Waals surface area contributed by atoms with Gasteiger partial charge in [0.2, 0.25) is 0 Å². The number of halogens is 1. The maximum atomic E-state index is 11.9. The minimum Gasteiger partial charge on any atom is -0.476 e. The number of fused-ring (bicyclic) bond motifs is 3. The molecular formula is C26H26ClN3O2. The summed E-state index contributed by atoms with van der Waals surface area (Å²) in [5, 5.41) is 21.6. The SMILES string of the molecule is CN(C)C.N#Cc1ccc(C23Oc4cc(Cl)cnc4C2(O)CCC3c2ccccc2)cc1. The average Bonchev–Trinajstić information content (AvgIpc) is 3.20. The Bertz CT molecular complexity index is 1140. The van der Waals surface area contributed by atoms with Crippen molar-refractivity contribution >= 4 is 11.6 Å². The summed E-state index contributed by atoms with van der Waals surface area (Å²) in [6.45, 7) is 0. The van der Waals surface area contributed by atoms with Crippen molar-refractivity contribution in [2.45, 2.75) is 30.0 Å². The van der Waals surface area contributed by atoms with Gasteiger partial charge < -0.3 is 14.7 Å². The molecule has 5 nitrogen and oxygen atoms in total. The van der Waals surface area contributed by atoms with Gasteiger partial charge in [-0.15, -0.1) is 0 Å². The second-order valence-electron chi connectivity index (χ2n) is 8.73. The van der Waals surface area contributed by atoms with Crippen molar-refractivity contribution in [1.82, 2.24) is 9.88 Å². The summed E-state index contributed by atoms with van der Waals surface area (Å²) in [5.74, 6) is 0.444. The molecule has 164 valence electrons. The fraction of sp³-hybridized carbons (Fsp3) is 0.308. The van der Waals surface area contributed by atoms with Gasteiger partial charge >= 0.3 is 0 Å². The Morgan fingerprint density at radius 2 is 1.78 bits per heavy atom. The fourth-order valence-electron chi connectivity index (χ4n) is 4.84. The molecule has 2 heterocycles. The van der Waals surface area contributed by atoms with Crippen molar-refractivity contribution in [3.8, 4) is 11.8 Å². The number of nitriles is 1.